The molecule has 72 heavy (non-hydrogen) atoms. The maximum absolute atomic E-state index is 12.0. The second-order valence-corrected chi connectivity index (χ2v) is 16.3. The molecule has 0 unspecified atom stereocenters. The molecule has 8 nitrogen and oxygen atoms in total. The van der Waals surface area contributed by atoms with Gasteiger partial charge >= 0.3 is 56.7 Å². The fourth-order valence-electron chi connectivity index (χ4n) is 5.97. The third-order valence-electron chi connectivity index (χ3n) is 9.43. The molecule has 1 radical (unpaired) electrons. The van der Waals surface area contributed by atoms with E-state index in [0.29, 0.717) is 0 Å². The van der Waals surface area contributed by atoms with Gasteiger partial charge in [0.15, 0.2) is 17.3 Å². The fourth-order valence-corrected chi connectivity index (χ4v) is 6.64. The van der Waals surface area contributed by atoms with Gasteiger partial charge in [0.1, 0.15) is 0 Å². The van der Waals surface area contributed by atoms with Crippen molar-refractivity contribution in [3.63, 3.8) is 0 Å². The van der Waals surface area contributed by atoms with E-state index in [1.165, 1.54) is 36.4 Å². The fraction of sp³-hybridized carbons (Fsp3) is 0.0577. The molecule has 2 aromatic heterocycles. The quantitative estimate of drug-likeness (QED) is 0.0663. The first-order valence-electron chi connectivity index (χ1n) is 20.1. The monoisotopic (exact) mass is 1270 g/mol. The van der Waals surface area contributed by atoms with Crippen LogP contribution in [0.1, 0.15) is 31.1 Å². The molecule has 0 bridgehead atoms. The second-order valence-electron chi connectivity index (χ2n) is 14.5. The minimum Gasteiger partial charge on any atom is -0.869 e. The Morgan fingerprint density at radius 2 is 0.639 bits per heavy atom. The van der Waals surface area contributed by atoms with Crippen LogP contribution in [0.5, 0.6) is 0 Å². The zero-order valence-electron chi connectivity index (χ0n) is 36.1. The number of carbonyl (C=O) groups is 3. The van der Waals surface area contributed by atoms with Gasteiger partial charge in [0.25, 0.3) is 0 Å². The molecule has 0 atom stereocenters. The number of carbonyl (C=O) groups excluding carboxylic acids is 3. The summed E-state index contributed by atoms with van der Waals surface area (Å²) in [5.41, 5.74) is 1.88. The van der Waals surface area contributed by atoms with E-state index in [-0.39, 0.29) is 73.1 Å². The summed E-state index contributed by atoms with van der Waals surface area (Å²) >= 11 is 6.80. The van der Waals surface area contributed by atoms with Gasteiger partial charge in [0.2, 0.25) is 0 Å². The Bertz CT molecular complexity index is 3000. The van der Waals surface area contributed by atoms with Crippen molar-refractivity contribution in [2.24, 2.45) is 0 Å². The SMILES string of the molecule is Brc1ccnc(-c2cc(Br)ccn2)c1.O=C(/C=C(\[O-])C(F)(F)F)c1ccc2ccccc2c1.O=C(/C=C(\[O-])C(F)(F)F)c1ccc2ccccc2c1.O=C(/C=C(\[O-])C(F)(F)F)c1ccc2ccccc2c1.[Dy+3]. The number of alkyl halides is 9. The van der Waals surface area contributed by atoms with Gasteiger partial charge in [0.05, 0.1) is 11.4 Å². The summed E-state index contributed by atoms with van der Waals surface area (Å²) in [5, 5.41) is 36.9. The third kappa shape index (κ3) is 17.4. The van der Waals surface area contributed by atoms with Crippen LogP contribution in [-0.4, -0.2) is 45.8 Å². The van der Waals surface area contributed by atoms with Crippen LogP contribution in [0.25, 0.3) is 43.7 Å². The zero-order chi connectivity index (χ0) is 52.1. The summed E-state index contributed by atoms with van der Waals surface area (Å²) in [6.45, 7) is 0. The molecule has 6 aromatic carbocycles. The number of fused-ring (bicyclic) bond motifs is 3. The van der Waals surface area contributed by atoms with Gasteiger partial charge in [-0.05, 0) is 110 Å². The topological polar surface area (TPSA) is 146 Å². The number of pyridine rings is 2. The maximum Gasteiger partial charge on any atom is 3.00 e. The zero-order valence-corrected chi connectivity index (χ0v) is 41.3. The maximum atomic E-state index is 12.0. The van der Waals surface area contributed by atoms with E-state index in [9.17, 15) is 69.2 Å². The number of benzene rings is 6. The Balaban J connectivity index is 0.000000209. The van der Waals surface area contributed by atoms with Crippen molar-refractivity contribution in [3.8, 4) is 11.4 Å². The predicted molar refractivity (Wildman–Crippen MR) is 250 cm³/mol. The number of hydrogen-bond donors (Lipinski definition) is 0. The van der Waals surface area contributed by atoms with E-state index in [1.807, 2.05) is 60.7 Å². The molecule has 0 fully saturated rings. The number of allylic oxidation sites excluding steroid dienone is 6. The molecule has 2 heterocycles. The molecule has 0 aliphatic heterocycles. The number of aromatic nitrogens is 2. The summed E-state index contributed by atoms with van der Waals surface area (Å²) in [6, 6.07) is 42.4. The van der Waals surface area contributed by atoms with Crippen molar-refractivity contribution < 1.29 is 107 Å². The van der Waals surface area contributed by atoms with Crippen LogP contribution >= 0.6 is 31.9 Å². The molecule has 0 aliphatic carbocycles. The van der Waals surface area contributed by atoms with E-state index in [0.717, 1.165) is 52.7 Å². The standard InChI is InChI=1S/3C14H9F3O2.C10H6Br2N2.Dy/c3*15-14(16,17)13(19)8-12(18)11-6-5-9-3-1-2-4-10(9)7-11;11-7-1-3-13-9(5-7)10-6-8(12)2-4-14-10;/h3*1-8,19H;1-6H;/q;;;;+3/p-3/b3*13-8-;;. The molecule has 8 aromatic rings. The van der Waals surface area contributed by atoms with Crippen LogP contribution in [0.4, 0.5) is 39.5 Å². The number of nitrogens with zero attached hydrogens (tertiary/aromatic N) is 2. The van der Waals surface area contributed by atoms with Crippen molar-refractivity contribution in [2.45, 2.75) is 18.5 Å². The minimum atomic E-state index is -5.02. The molecular weight excluding hydrogens is 1240 g/mol. The van der Waals surface area contributed by atoms with Crippen LogP contribution in [0, 0.1) is 38.2 Å². The van der Waals surface area contributed by atoms with Crippen molar-refractivity contribution in [2.75, 3.05) is 0 Å². The summed E-state index contributed by atoms with van der Waals surface area (Å²) < 4.78 is 110. The van der Waals surface area contributed by atoms with Crippen molar-refractivity contribution in [3.05, 3.63) is 225 Å². The first-order valence-corrected chi connectivity index (χ1v) is 21.7. The number of rotatable bonds is 7. The Hall–Kier alpha value is -6.37. The Morgan fingerprint density at radius 1 is 0.389 bits per heavy atom. The number of hydrogen-bond acceptors (Lipinski definition) is 8. The average molecular weight is 1270 g/mol. The molecule has 0 saturated carbocycles. The van der Waals surface area contributed by atoms with Gasteiger partial charge in [-0.3, -0.25) is 24.4 Å². The van der Waals surface area contributed by atoms with E-state index in [2.05, 4.69) is 41.8 Å². The Labute approximate surface area is 450 Å². The summed E-state index contributed by atoms with van der Waals surface area (Å²) in [6.07, 6.45) is -11.3. The van der Waals surface area contributed by atoms with E-state index < -0.39 is 53.2 Å². The van der Waals surface area contributed by atoms with E-state index >= 15 is 0 Å². The van der Waals surface area contributed by atoms with Crippen LogP contribution in [0.2, 0.25) is 0 Å². The third-order valence-corrected chi connectivity index (χ3v) is 10.4. The molecule has 8 rings (SSSR count). The van der Waals surface area contributed by atoms with Gasteiger partial charge in [-0.15, -0.1) is 0 Å². The summed E-state index contributed by atoms with van der Waals surface area (Å²) in [5.74, 6) is -9.30. The molecule has 0 N–H and O–H groups in total. The van der Waals surface area contributed by atoms with Gasteiger partial charge in [-0.1, -0.05) is 141 Å². The molecule has 20 heteroatoms. The van der Waals surface area contributed by atoms with Gasteiger partial charge in [0, 0.05) is 38.0 Å². The molecule has 0 saturated heterocycles. The van der Waals surface area contributed by atoms with Crippen LogP contribution in [0.15, 0.2) is 209 Å². The van der Waals surface area contributed by atoms with Crippen LogP contribution < -0.4 is 15.3 Å². The molecule has 0 amide bonds. The van der Waals surface area contributed by atoms with Gasteiger partial charge < -0.3 is 15.3 Å². The Morgan fingerprint density at radius 3 is 0.875 bits per heavy atom. The minimum absolute atomic E-state index is 0. The van der Waals surface area contributed by atoms with E-state index in [4.69, 9.17) is 0 Å². The first kappa shape index (κ1) is 58.2. The molecule has 0 spiro atoms. The van der Waals surface area contributed by atoms with Crippen molar-refractivity contribution in [1.82, 2.24) is 9.97 Å². The number of ketones is 3. The van der Waals surface area contributed by atoms with Crippen LogP contribution in [0.3, 0.4) is 0 Å². The first-order chi connectivity index (χ1) is 33.4. The van der Waals surface area contributed by atoms with Crippen molar-refractivity contribution in [1.29, 1.82) is 0 Å². The smallest absolute Gasteiger partial charge is 0.869 e. The largest absolute Gasteiger partial charge is 3.00 e. The molecule has 0 aliphatic rings. The Kier molecular flexibility index (Phi) is 20.9. The van der Waals surface area contributed by atoms with Crippen LogP contribution in [-0.2, 0) is 0 Å². The number of halogens is 11. The van der Waals surface area contributed by atoms with E-state index in [1.54, 1.807) is 67.0 Å². The average Bonchev–Trinajstić information content (AvgIpc) is 3.33. The van der Waals surface area contributed by atoms with Crippen molar-refractivity contribution >= 4 is 81.5 Å². The summed E-state index contributed by atoms with van der Waals surface area (Å²) in [4.78, 5) is 43.2. The second kappa shape index (κ2) is 25.8. The van der Waals surface area contributed by atoms with Gasteiger partial charge in [-0.2, -0.15) is 39.5 Å². The predicted octanol–water partition coefficient (Wildman–Crippen LogP) is 12.2. The summed E-state index contributed by atoms with van der Waals surface area (Å²) in [7, 11) is 0. The molecule has 371 valence electrons. The molecular formula is C52H30Br2DyF9N2O6. The van der Waals surface area contributed by atoms with Gasteiger partial charge in [-0.25, -0.2) is 0 Å². The normalized spacial score (nSPS) is 12.0.